The van der Waals surface area contributed by atoms with E-state index in [1.165, 1.54) is 18.4 Å². The van der Waals surface area contributed by atoms with Gasteiger partial charge < -0.3 is 15.4 Å². The van der Waals surface area contributed by atoms with Crippen molar-refractivity contribution in [3.05, 3.63) is 41.5 Å². The average Bonchev–Trinajstić information content (AvgIpc) is 2.60. The molecule has 5 heteroatoms. The first kappa shape index (κ1) is 17.1. The maximum Gasteiger partial charge on any atom is 0.251 e. The van der Waals surface area contributed by atoms with Crippen molar-refractivity contribution in [3.63, 3.8) is 0 Å². The van der Waals surface area contributed by atoms with E-state index in [0.29, 0.717) is 17.9 Å². The number of carbonyl (C=O) groups is 2. The van der Waals surface area contributed by atoms with E-state index < -0.39 is 0 Å². The van der Waals surface area contributed by atoms with Gasteiger partial charge in [0.1, 0.15) is 5.75 Å². The summed E-state index contributed by atoms with van der Waals surface area (Å²) in [6.07, 6.45) is 7.99. The maximum absolute atomic E-state index is 12.0. The second kappa shape index (κ2) is 8.98. The first-order valence-electron chi connectivity index (χ1n) is 8.06. The largest absolute Gasteiger partial charge is 0.497 e. The number of nitrogens with one attached hydrogen (secondary N) is 2. The van der Waals surface area contributed by atoms with Crippen LogP contribution in [0.2, 0.25) is 0 Å². The molecule has 0 heterocycles. The highest BCUT2D eigenvalue weighted by atomic mass is 16.5. The molecule has 0 atom stereocenters. The van der Waals surface area contributed by atoms with Gasteiger partial charge in [0.2, 0.25) is 5.91 Å². The van der Waals surface area contributed by atoms with Crippen LogP contribution in [0.25, 0.3) is 0 Å². The molecule has 1 aromatic carbocycles. The molecule has 0 aliphatic heterocycles. The van der Waals surface area contributed by atoms with E-state index in [2.05, 4.69) is 16.7 Å². The molecule has 0 aromatic heterocycles. The summed E-state index contributed by atoms with van der Waals surface area (Å²) in [5.74, 6) is 0.162. The van der Waals surface area contributed by atoms with Crippen LogP contribution in [-0.4, -0.2) is 32.0 Å². The van der Waals surface area contributed by atoms with E-state index >= 15 is 0 Å². The molecule has 0 saturated carbocycles. The summed E-state index contributed by atoms with van der Waals surface area (Å²) in [4.78, 5) is 23.8. The van der Waals surface area contributed by atoms with Gasteiger partial charge in [-0.15, -0.1) is 0 Å². The minimum absolute atomic E-state index is 0.0188. The second-order valence-electron chi connectivity index (χ2n) is 5.62. The molecule has 2 rings (SSSR count). The first-order chi connectivity index (χ1) is 11.2. The number of carbonyl (C=O) groups excluding carboxylic acids is 2. The fourth-order valence-electron chi connectivity index (χ4n) is 2.58. The van der Waals surface area contributed by atoms with Crippen molar-refractivity contribution >= 4 is 11.8 Å². The number of methoxy groups -OCH3 is 1. The highest BCUT2D eigenvalue weighted by Gasteiger charge is 2.09. The van der Waals surface area contributed by atoms with Crippen molar-refractivity contribution < 1.29 is 14.3 Å². The van der Waals surface area contributed by atoms with Crippen molar-refractivity contribution in [2.75, 3.05) is 20.2 Å². The van der Waals surface area contributed by atoms with Crippen LogP contribution in [0, 0.1) is 0 Å². The molecule has 5 nitrogen and oxygen atoms in total. The molecule has 0 saturated heterocycles. The van der Waals surface area contributed by atoms with Crippen molar-refractivity contribution in [2.45, 2.75) is 32.1 Å². The molecule has 1 aromatic rings. The van der Waals surface area contributed by atoms with Gasteiger partial charge >= 0.3 is 0 Å². The molecule has 0 fully saturated rings. The summed E-state index contributed by atoms with van der Waals surface area (Å²) < 4.78 is 5.08. The molecular weight excluding hydrogens is 292 g/mol. The molecular formula is C18H24N2O3. The number of allylic oxidation sites excluding steroid dienone is 1. The van der Waals surface area contributed by atoms with Crippen LogP contribution in [0.4, 0.5) is 0 Å². The van der Waals surface area contributed by atoms with Crippen molar-refractivity contribution in [1.29, 1.82) is 0 Å². The first-order valence-corrected chi connectivity index (χ1v) is 8.06. The fourth-order valence-corrected chi connectivity index (χ4v) is 2.58. The molecule has 2 amide bonds. The zero-order chi connectivity index (χ0) is 16.5. The molecule has 124 valence electrons. The van der Waals surface area contributed by atoms with Crippen LogP contribution in [0.3, 0.4) is 0 Å². The monoisotopic (exact) mass is 316 g/mol. The van der Waals surface area contributed by atoms with Gasteiger partial charge in [-0.05, 0) is 50.3 Å². The maximum atomic E-state index is 12.0. The lowest BCUT2D eigenvalue weighted by Crippen LogP contribution is -2.37. The minimum atomic E-state index is -0.283. The molecule has 0 unspecified atom stereocenters. The Balaban J connectivity index is 1.69. The number of amides is 2. The van der Waals surface area contributed by atoms with E-state index in [1.807, 2.05) is 0 Å². The average molecular weight is 316 g/mol. The van der Waals surface area contributed by atoms with Crippen LogP contribution in [0.15, 0.2) is 35.9 Å². The van der Waals surface area contributed by atoms with Gasteiger partial charge in [0.05, 0.1) is 13.7 Å². The SMILES string of the molecule is COc1cccc(C(=O)NCC(=O)NCCC2=CCCCC2)c1. The molecule has 1 aliphatic rings. The quantitative estimate of drug-likeness (QED) is 0.759. The fraction of sp³-hybridized carbons (Fsp3) is 0.444. The highest BCUT2D eigenvalue weighted by molar-refractivity contribution is 5.96. The third-order valence-electron chi connectivity index (χ3n) is 3.89. The van der Waals surface area contributed by atoms with Crippen LogP contribution >= 0.6 is 0 Å². The summed E-state index contributed by atoms with van der Waals surface area (Å²) in [5.41, 5.74) is 1.90. The summed E-state index contributed by atoms with van der Waals surface area (Å²) in [6.45, 7) is 0.606. The lowest BCUT2D eigenvalue weighted by Gasteiger charge is -2.13. The lowest BCUT2D eigenvalue weighted by atomic mass is 9.97. The van der Waals surface area contributed by atoms with Gasteiger partial charge in [0, 0.05) is 12.1 Å². The van der Waals surface area contributed by atoms with Gasteiger partial charge in [0.25, 0.3) is 5.91 Å². The topological polar surface area (TPSA) is 67.4 Å². The summed E-state index contributed by atoms with van der Waals surface area (Å²) >= 11 is 0. The predicted octanol–water partition coefficient (Wildman–Crippen LogP) is 2.43. The smallest absolute Gasteiger partial charge is 0.251 e. The Bertz CT molecular complexity index is 581. The normalized spacial score (nSPS) is 13.9. The van der Waals surface area contributed by atoms with Crippen LogP contribution in [0.1, 0.15) is 42.5 Å². The zero-order valence-electron chi connectivity index (χ0n) is 13.6. The summed E-state index contributed by atoms with van der Waals surface area (Å²) in [6, 6.07) is 6.84. The van der Waals surface area contributed by atoms with E-state index in [0.717, 1.165) is 19.3 Å². The van der Waals surface area contributed by atoms with Crippen molar-refractivity contribution in [1.82, 2.24) is 10.6 Å². The predicted molar refractivity (Wildman–Crippen MR) is 89.5 cm³/mol. The molecule has 23 heavy (non-hydrogen) atoms. The van der Waals surface area contributed by atoms with Gasteiger partial charge in [-0.1, -0.05) is 17.7 Å². The number of ether oxygens (including phenoxy) is 1. The van der Waals surface area contributed by atoms with Gasteiger partial charge in [0.15, 0.2) is 0 Å². The van der Waals surface area contributed by atoms with Gasteiger partial charge in [-0.2, -0.15) is 0 Å². The Labute approximate surface area is 137 Å². The summed E-state index contributed by atoms with van der Waals surface area (Å²) in [5, 5.41) is 5.46. The number of rotatable bonds is 7. The minimum Gasteiger partial charge on any atom is -0.497 e. The van der Waals surface area contributed by atoms with E-state index in [1.54, 1.807) is 31.4 Å². The third kappa shape index (κ3) is 5.77. The van der Waals surface area contributed by atoms with Gasteiger partial charge in [-0.3, -0.25) is 9.59 Å². The summed E-state index contributed by atoms with van der Waals surface area (Å²) in [7, 11) is 1.55. The molecule has 0 bridgehead atoms. The van der Waals surface area contributed by atoms with Crippen LogP contribution < -0.4 is 15.4 Å². The Kier molecular flexibility index (Phi) is 6.66. The third-order valence-corrected chi connectivity index (χ3v) is 3.89. The number of benzene rings is 1. The Hall–Kier alpha value is -2.30. The Morgan fingerprint density at radius 3 is 2.83 bits per heavy atom. The van der Waals surface area contributed by atoms with E-state index in [9.17, 15) is 9.59 Å². The molecule has 1 aliphatic carbocycles. The number of hydrogen-bond donors (Lipinski definition) is 2. The Morgan fingerprint density at radius 1 is 1.22 bits per heavy atom. The van der Waals surface area contributed by atoms with Crippen molar-refractivity contribution in [2.24, 2.45) is 0 Å². The van der Waals surface area contributed by atoms with E-state index in [-0.39, 0.29) is 18.4 Å². The Morgan fingerprint density at radius 2 is 2.09 bits per heavy atom. The van der Waals surface area contributed by atoms with E-state index in [4.69, 9.17) is 4.74 Å². The molecule has 0 spiro atoms. The standard InChI is InChI=1S/C18H24N2O3/c1-23-16-9-5-8-15(12-16)18(22)20-13-17(21)19-11-10-14-6-3-2-4-7-14/h5-6,8-9,12H,2-4,7,10-11,13H2,1H3,(H,19,21)(H,20,22). The van der Waals surface area contributed by atoms with Crippen LogP contribution in [0.5, 0.6) is 5.75 Å². The zero-order valence-corrected chi connectivity index (χ0v) is 13.6. The molecule has 2 N–H and O–H groups in total. The van der Waals surface area contributed by atoms with Gasteiger partial charge in [-0.25, -0.2) is 0 Å². The molecule has 0 radical (unpaired) electrons. The highest BCUT2D eigenvalue weighted by Crippen LogP contribution is 2.19. The lowest BCUT2D eigenvalue weighted by molar-refractivity contribution is -0.120. The van der Waals surface area contributed by atoms with Crippen molar-refractivity contribution in [3.8, 4) is 5.75 Å². The second-order valence-corrected chi connectivity index (χ2v) is 5.62. The number of hydrogen-bond acceptors (Lipinski definition) is 3. The van der Waals surface area contributed by atoms with Crippen LogP contribution in [-0.2, 0) is 4.79 Å².